The summed E-state index contributed by atoms with van der Waals surface area (Å²) in [6, 6.07) is 5.66. The van der Waals surface area contributed by atoms with Crippen LogP contribution in [0.5, 0.6) is 11.8 Å². The van der Waals surface area contributed by atoms with Crippen LogP contribution in [-0.4, -0.2) is 48.5 Å². The maximum Gasteiger partial charge on any atom is 0.415 e. The van der Waals surface area contributed by atoms with Crippen LogP contribution in [0.4, 0.5) is 0 Å². The minimum Gasteiger partial charge on any atom is -0.493 e. The molecule has 0 saturated carbocycles. The van der Waals surface area contributed by atoms with Gasteiger partial charge in [-0.3, -0.25) is 9.63 Å². The van der Waals surface area contributed by atoms with E-state index < -0.39 is 0 Å². The number of hydrogen-bond acceptors (Lipinski definition) is 7. The highest BCUT2D eigenvalue weighted by atomic mass is 16.7. The molecule has 1 aromatic carbocycles. The summed E-state index contributed by atoms with van der Waals surface area (Å²) in [7, 11) is 2.87. The average molecular weight is 305 g/mol. The molecule has 0 spiro atoms. The van der Waals surface area contributed by atoms with Gasteiger partial charge in [-0.25, -0.2) is 5.06 Å². The second-order valence-electron chi connectivity index (χ2n) is 4.66. The zero-order valence-electron chi connectivity index (χ0n) is 12.2. The molecule has 2 heterocycles. The normalized spacial score (nSPS) is 12.6. The Balaban J connectivity index is 1.67. The number of ether oxygens (including phenoxy) is 2. The molecule has 0 atom stereocenters. The second-order valence-corrected chi connectivity index (χ2v) is 4.66. The van der Waals surface area contributed by atoms with Gasteiger partial charge in [0, 0.05) is 19.0 Å². The minimum atomic E-state index is -0.364. The van der Waals surface area contributed by atoms with Gasteiger partial charge in [0.2, 0.25) is 0 Å². The molecule has 22 heavy (non-hydrogen) atoms. The highest BCUT2D eigenvalue weighted by molar-refractivity contribution is 5.76. The number of hydrogen-bond donors (Lipinski definition) is 0. The lowest BCUT2D eigenvalue weighted by Crippen LogP contribution is -2.30. The van der Waals surface area contributed by atoms with Gasteiger partial charge in [-0.2, -0.15) is 0 Å². The highest BCUT2D eigenvalue weighted by Gasteiger charge is 2.17. The molecule has 8 nitrogen and oxygen atoms in total. The van der Waals surface area contributed by atoms with E-state index in [4.69, 9.17) is 18.7 Å². The summed E-state index contributed by atoms with van der Waals surface area (Å²) in [5.41, 5.74) is 1.89. The van der Waals surface area contributed by atoms with Gasteiger partial charge in [-0.15, -0.1) is 5.10 Å². The van der Waals surface area contributed by atoms with E-state index in [-0.39, 0.29) is 18.6 Å². The quantitative estimate of drug-likeness (QED) is 0.763. The van der Waals surface area contributed by atoms with E-state index in [9.17, 15) is 4.79 Å². The standard InChI is InChI=1S/C14H15N3O5/c1-17(19-2)12(18)8-21-14-16-15-13(22-14)10-3-4-11-9(7-10)5-6-20-11/h3-4,7H,5-6,8H2,1-2H3. The van der Waals surface area contributed by atoms with Crippen molar-refractivity contribution in [2.75, 3.05) is 27.4 Å². The number of carbonyl (C=O) groups excluding carboxylic acids is 1. The van der Waals surface area contributed by atoms with Crippen molar-refractivity contribution in [1.29, 1.82) is 0 Å². The molecule has 1 aliphatic heterocycles. The first-order chi connectivity index (χ1) is 10.7. The maximum absolute atomic E-state index is 11.5. The van der Waals surface area contributed by atoms with Crippen LogP contribution in [0, 0.1) is 0 Å². The van der Waals surface area contributed by atoms with Crippen molar-refractivity contribution in [2.24, 2.45) is 0 Å². The van der Waals surface area contributed by atoms with E-state index in [1.165, 1.54) is 14.2 Å². The van der Waals surface area contributed by atoms with Gasteiger partial charge < -0.3 is 13.9 Å². The number of hydroxylamine groups is 2. The van der Waals surface area contributed by atoms with Gasteiger partial charge >= 0.3 is 6.08 Å². The number of benzene rings is 1. The predicted octanol–water partition coefficient (Wildman–Crippen LogP) is 1.07. The van der Waals surface area contributed by atoms with Crippen molar-refractivity contribution >= 4 is 5.91 Å². The third kappa shape index (κ3) is 2.86. The lowest BCUT2D eigenvalue weighted by atomic mass is 10.1. The zero-order valence-corrected chi connectivity index (χ0v) is 12.2. The number of carbonyl (C=O) groups is 1. The Morgan fingerprint density at radius 1 is 1.41 bits per heavy atom. The van der Waals surface area contributed by atoms with Crippen LogP contribution in [0.25, 0.3) is 11.5 Å². The molecule has 3 rings (SSSR count). The summed E-state index contributed by atoms with van der Waals surface area (Å²) in [6.45, 7) is 0.441. The molecule has 0 unspecified atom stereocenters. The SMILES string of the molecule is CON(C)C(=O)COc1nnc(-c2ccc3c(c2)CCO3)o1. The number of rotatable bonds is 5. The molecule has 116 valence electrons. The lowest BCUT2D eigenvalue weighted by molar-refractivity contribution is -0.171. The molecule has 1 aromatic heterocycles. The van der Waals surface area contributed by atoms with E-state index in [0.717, 1.165) is 28.4 Å². The fourth-order valence-electron chi connectivity index (χ4n) is 2.02. The molecule has 0 saturated heterocycles. The van der Waals surface area contributed by atoms with Crippen LogP contribution >= 0.6 is 0 Å². The van der Waals surface area contributed by atoms with E-state index in [1.54, 1.807) is 0 Å². The molecule has 1 amide bonds. The smallest absolute Gasteiger partial charge is 0.415 e. The summed E-state index contributed by atoms with van der Waals surface area (Å²) in [4.78, 5) is 16.3. The fourth-order valence-corrected chi connectivity index (χ4v) is 2.02. The molecule has 0 N–H and O–H groups in total. The van der Waals surface area contributed by atoms with Gasteiger partial charge in [0.1, 0.15) is 5.75 Å². The van der Waals surface area contributed by atoms with Crippen molar-refractivity contribution in [2.45, 2.75) is 6.42 Å². The molecule has 1 aliphatic rings. The maximum atomic E-state index is 11.5. The number of nitrogens with zero attached hydrogens (tertiary/aromatic N) is 3. The largest absolute Gasteiger partial charge is 0.493 e. The first-order valence-corrected chi connectivity index (χ1v) is 6.70. The summed E-state index contributed by atoms with van der Waals surface area (Å²) < 4.78 is 16.0. The van der Waals surface area contributed by atoms with Crippen molar-refractivity contribution in [3.63, 3.8) is 0 Å². The first-order valence-electron chi connectivity index (χ1n) is 6.70. The first kappa shape index (κ1) is 14.3. The minimum absolute atomic E-state index is 0.0652. The van der Waals surface area contributed by atoms with Gasteiger partial charge in [-0.05, 0) is 23.8 Å². The predicted molar refractivity (Wildman–Crippen MR) is 74.2 cm³/mol. The molecule has 0 bridgehead atoms. The molecule has 0 fully saturated rings. The molecule has 0 aliphatic carbocycles. The number of amides is 1. The second kappa shape index (κ2) is 6.02. The third-order valence-electron chi connectivity index (χ3n) is 3.29. The number of aromatic nitrogens is 2. The van der Waals surface area contributed by atoms with E-state index >= 15 is 0 Å². The van der Waals surface area contributed by atoms with Crippen LogP contribution in [0.15, 0.2) is 22.6 Å². The van der Waals surface area contributed by atoms with E-state index in [2.05, 4.69) is 10.2 Å². The summed E-state index contributed by atoms with van der Waals surface area (Å²) in [6.07, 6.45) is 0.794. The summed E-state index contributed by atoms with van der Waals surface area (Å²) in [5, 5.41) is 8.73. The van der Waals surface area contributed by atoms with Crippen molar-refractivity contribution in [3.05, 3.63) is 23.8 Å². The number of likely N-dealkylation sites (N-methyl/N-ethyl adjacent to an activating group) is 1. The van der Waals surface area contributed by atoms with Crippen LogP contribution in [0.1, 0.15) is 5.56 Å². The monoisotopic (exact) mass is 305 g/mol. The Bertz CT molecular complexity index is 685. The van der Waals surface area contributed by atoms with Crippen molar-refractivity contribution in [3.8, 4) is 23.3 Å². The van der Waals surface area contributed by atoms with Crippen LogP contribution in [0.2, 0.25) is 0 Å². The molecule has 2 aromatic rings. The van der Waals surface area contributed by atoms with E-state index in [0.29, 0.717) is 12.5 Å². The average Bonchev–Trinajstić information content (AvgIpc) is 3.19. The Kier molecular flexibility index (Phi) is 3.92. The Morgan fingerprint density at radius 3 is 3.09 bits per heavy atom. The van der Waals surface area contributed by atoms with E-state index in [1.807, 2.05) is 18.2 Å². The lowest BCUT2D eigenvalue weighted by Gasteiger charge is -2.12. The summed E-state index contributed by atoms with van der Waals surface area (Å²) in [5.74, 6) is 0.849. The molecule has 8 heteroatoms. The van der Waals surface area contributed by atoms with Gasteiger partial charge in [0.25, 0.3) is 11.8 Å². The number of fused-ring (bicyclic) bond motifs is 1. The van der Waals surface area contributed by atoms with Gasteiger partial charge in [0.15, 0.2) is 6.61 Å². The van der Waals surface area contributed by atoms with Crippen LogP contribution < -0.4 is 9.47 Å². The fraction of sp³-hybridized carbons (Fsp3) is 0.357. The van der Waals surface area contributed by atoms with Crippen LogP contribution in [-0.2, 0) is 16.1 Å². The van der Waals surface area contributed by atoms with Crippen molar-refractivity contribution in [1.82, 2.24) is 15.3 Å². The third-order valence-corrected chi connectivity index (χ3v) is 3.29. The van der Waals surface area contributed by atoms with Crippen molar-refractivity contribution < 1.29 is 23.5 Å². The zero-order chi connectivity index (χ0) is 15.5. The Morgan fingerprint density at radius 2 is 2.27 bits per heavy atom. The Labute approximate surface area is 126 Å². The summed E-state index contributed by atoms with van der Waals surface area (Å²) >= 11 is 0. The van der Waals surface area contributed by atoms with Gasteiger partial charge in [0.05, 0.1) is 13.7 Å². The molecular formula is C14H15N3O5. The highest BCUT2D eigenvalue weighted by Crippen LogP contribution is 2.30. The van der Waals surface area contributed by atoms with Gasteiger partial charge in [-0.1, -0.05) is 5.10 Å². The molecule has 0 radical (unpaired) electrons. The topological polar surface area (TPSA) is 86.9 Å². The molecular weight excluding hydrogens is 290 g/mol. The Hall–Kier alpha value is -2.61. The van der Waals surface area contributed by atoms with Crippen LogP contribution in [0.3, 0.4) is 0 Å².